The zero-order valence-corrected chi connectivity index (χ0v) is 17.4. The first-order chi connectivity index (χ1) is 16.1. The van der Waals surface area contributed by atoms with Crippen LogP contribution in [0, 0.1) is 28.7 Å². The van der Waals surface area contributed by atoms with E-state index in [2.05, 4.69) is 20.7 Å². The van der Waals surface area contributed by atoms with Crippen molar-refractivity contribution in [2.24, 2.45) is 10.8 Å². The second-order valence-electron chi connectivity index (χ2n) is 6.80. The average Bonchev–Trinajstić information content (AvgIpc) is 2.79. The van der Waals surface area contributed by atoms with E-state index in [1.807, 2.05) is 0 Å². The minimum absolute atomic E-state index is 0.00509. The molecule has 14 heteroatoms. The minimum Gasteiger partial charge on any atom is -0.479 e. The number of nitrogens with two attached hydrogens (primary N) is 1. The van der Waals surface area contributed by atoms with Gasteiger partial charge in [0.15, 0.2) is 29.1 Å². The van der Waals surface area contributed by atoms with Crippen molar-refractivity contribution in [3.63, 3.8) is 0 Å². The highest BCUT2D eigenvalue weighted by Crippen LogP contribution is 2.26. The molecule has 34 heavy (non-hydrogen) atoms. The summed E-state index contributed by atoms with van der Waals surface area (Å²) >= 11 is 0. The van der Waals surface area contributed by atoms with Crippen molar-refractivity contribution in [2.75, 3.05) is 13.2 Å². The van der Waals surface area contributed by atoms with E-state index in [0.29, 0.717) is 0 Å². The first kappa shape index (κ1) is 25.9. The molecule has 10 nitrogen and oxygen atoms in total. The van der Waals surface area contributed by atoms with Gasteiger partial charge < -0.3 is 21.1 Å². The molecule has 0 aromatic heterocycles. The molecule has 0 radical (unpaired) electrons. The Labute approximate surface area is 190 Å². The maximum atomic E-state index is 13.8. The van der Waals surface area contributed by atoms with Crippen LogP contribution in [-0.2, 0) is 4.79 Å². The molecule has 0 bridgehead atoms. The fraction of sp³-hybridized carbons (Fsp3) is 0.250. The second kappa shape index (κ2) is 12.1. The fourth-order valence-electron chi connectivity index (χ4n) is 2.77. The first-order valence-corrected chi connectivity index (χ1v) is 9.66. The first-order valence-electron chi connectivity index (χ1n) is 9.66. The van der Waals surface area contributed by atoms with Crippen molar-refractivity contribution in [2.45, 2.75) is 18.9 Å². The molecular weight excluding hydrogens is 462 g/mol. The number of guanidine groups is 1. The number of ether oxygens (including phenoxy) is 1. The number of Topliss-reactive ketones (excluding diaryl/α,β-unsaturated/α-hetero) is 1. The predicted octanol–water partition coefficient (Wildman–Crippen LogP) is 3.19. The Morgan fingerprint density at radius 2 is 1.85 bits per heavy atom. The number of carbonyl (C=O) groups excluding carboxylic acids is 2. The number of nitrogens with one attached hydrogen (secondary N) is 3. The topological polar surface area (TPSA) is 166 Å². The summed E-state index contributed by atoms with van der Waals surface area (Å²) in [4.78, 5) is 27.9. The zero-order valence-electron chi connectivity index (χ0n) is 17.4. The summed E-state index contributed by atoms with van der Waals surface area (Å²) in [6, 6.07) is 4.30. The van der Waals surface area contributed by atoms with Gasteiger partial charge in [0, 0.05) is 28.8 Å². The summed E-state index contributed by atoms with van der Waals surface area (Å²) in [7, 11) is 0. The van der Waals surface area contributed by atoms with Crippen molar-refractivity contribution in [1.82, 2.24) is 10.6 Å². The van der Waals surface area contributed by atoms with Gasteiger partial charge in [-0.05, 0) is 30.5 Å². The summed E-state index contributed by atoms with van der Waals surface area (Å²) < 4.78 is 59.0. The third kappa shape index (κ3) is 7.10. The van der Waals surface area contributed by atoms with Crippen LogP contribution in [0.2, 0.25) is 0 Å². The summed E-state index contributed by atoms with van der Waals surface area (Å²) in [6.07, 6.45) is 0.221. The van der Waals surface area contributed by atoms with E-state index >= 15 is 0 Å². The molecule has 0 saturated carbocycles. The number of rotatable bonds is 11. The van der Waals surface area contributed by atoms with E-state index in [4.69, 9.17) is 21.4 Å². The molecule has 0 aliphatic rings. The van der Waals surface area contributed by atoms with Gasteiger partial charge in [-0.1, -0.05) is 17.2 Å². The average molecular weight is 481 g/mol. The Morgan fingerprint density at radius 3 is 2.47 bits per heavy atom. The van der Waals surface area contributed by atoms with Gasteiger partial charge in [0.25, 0.3) is 5.91 Å². The Kier molecular flexibility index (Phi) is 9.20. The minimum atomic E-state index is -1.81. The number of hydrogen-bond acceptors (Lipinski definition) is 5. The number of carbonyl (C=O) groups is 2. The third-order valence-corrected chi connectivity index (χ3v) is 4.38. The number of amides is 1. The van der Waals surface area contributed by atoms with Gasteiger partial charge in [-0.25, -0.2) is 8.78 Å². The molecule has 0 fully saturated rings. The molecule has 0 unspecified atom stereocenters. The van der Waals surface area contributed by atoms with E-state index in [1.54, 1.807) is 0 Å². The molecule has 0 aliphatic carbocycles. The predicted molar refractivity (Wildman–Crippen MR) is 112 cm³/mol. The highest BCUT2D eigenvalue weighted by atomic mass is 19.2. The highest BCUT2D eigenvalue weighted by molar-refractivity contribution is 5.98. The Morgan fingerprint density at radius 1 is 1.18 bits per heavy atom. The van der Waals surface area contributed by atoms with Crippen molar-refractivity contribution in [3.8, 4) is 5.75 Å². The van der Waals surface area contributed by atoms with Gasteiger partial charge in [-0.3, -0.25) is 15.0 Å². The number of halogens is 4. The van der Waals surface area contributed by atoms with Crippen LogP contribution < -0.4 is 21.1 Å². The number of hydrogen-bond donors (Lipinski definition) is 4. The molecule has 0 heterocycles. The van der Waals surface area contributed by atoms with Gasteiger partial charge in [0.1, 0.15) is 6.61 Å². The third-order valence-electron chi connectivity index (χ3n) is 4.38. The van der Waals surface area contributed by atoms with Gasteiger partial charge in [-0.2, -0.15) is 8.78 Å². The summed E-state index contributed by atoms with van der Waals surface area (Å²) in [5.74, 6) is -10.4. The van der Waals surface area contributed by atoms with Crippen molar-refractivity contribution < 1.29 is 31.9 Å². The SMILES string of the molecule is [N-]=[N+]=Nc1cccc(C(=O)N[C@@H](CCCNC(=N)N)C(=O)COc2c(F)c(F)cc(F)c2F)c1. The molecular formula is C20H19F4N7O3. The van der Waals surface area contributed by atoms with Crippen LogP contribution in [0.25, 0.3) is 10.4 Å². The van der Waals surface area contributed by atoms with Gasteiger partial charge in [0.05, 0.1) is 6.04 Å². The quantitative estimate of drug-likeness (QED) is 0.0564. The summed E-state index contributed by atoms with van der Waals surface area (Å²) in [5.41, 5.74) is 13.9. The lowest BCUT2D eigenvalue weighted by Gasteiger charge is -2.19. The van der Waals surface area contributed by atoms with Crippen molar-refractivity contribution in [1.29, 1.82) is 5.41 Å². The Balaban J connectivity index is 2.16. The van der Waals surface area contributed by atoms with Crippen LogP contribution in [0.5, 0.6) is 5.75 Å². The molecule has 2 rings (SSSR count). The lowest BCUT2D eigenvalue weighted by Crippen LogP contribution is -2.43. The Hall–Kier alpha value is -4.32. The van der Waals surface area contributed by atoms with Crippen LogP contribution >= 0.6 is 0 Å². The van der Waals surface area contributed by atoms with E-state index in [-0.39, 0.29) is 42.7 Å². The molecule has 1 amide bonds. The van der Waals surface area contributed by atoms with Crippen LogP contribution in [0.1, 0.15) is 23.2 Å². The number of benzene rings is 2. The summed E-state index contributed by atoms with van der Waals surface area (Å²) in [6.45, 7) is -0.846. The molecule has 1 atom stereocenters. The van der Waals surface area contributed by atoms with Gasteiger partial charge in [-0.15, -0.1) is 0 Å². The van der Waals surface area contributed by atoms with E-state index in [9.17, 15) is 27.2 Å². The van der Waals surface area contributed by atoms with Crippen molar-refractivity contribution >= 4 is 23.3 Å². The summed E-state index contributed by atoms with van der Waals surface area (Å²) in [5, 5.41) is 15.4. The molecule has 0 spiro atoms. The van der Waals surface area contributed by atoms with E-state index < -0.39 is 53.4 Å². The largest absolute Gasteiger partial charge is 0.479 e. The van der Waals surface area contributed by atoms with Crippen LogP contribution in [-0.4, -0.2) is 36.8 Å². The zero-order chi connectivity index (χ0) is 25.3. The monoisotopic (exact) mass is 481 g/mol. The van der Waals surface area contributed by atoms with E-state index in [0.717, 1.165) is 0 Å². The molecule has 0 saturated heterocycles. The van der Waals surface area contributed by atoms with Crippen LogP contribution in [0.15, 0.2) is 35.4 Å². The standard InChI is InChI=1S/C20H19F4N7O3/c21-12-8-13(22)17(24)18(16(12)23)34-9-15(32)14(5-2-6-28-20(25)26)29-19(33)10-3-1-4-11(7-10)30-31-27/h1,3-4,7-8,14H,2,5-6,9H2,(H,29,33)(H4,25,26,28)/t14-/m0/s1. The van der Waals surface area contributed by atoms with Crippen LogP contribution in [0.3, 0.4) is 0 Å². The number of nitrogens with zero attached hydrogens (tertiary/aromatic N) is 3. The fourth-order valence-corrected chi connectivity index (χ4v) is 2.77. The molecule has 180 valence electrons. The maximum absolute atomic E-state index is 13.8. The molecule has 5 N–H and O–H groups in total. The second-order valence-corrected chi connectivity index (χ2v) is 6.80. The lowest BCUT2D eigenvalue weighted by atomic mass is 10.1. The smallest absolute Gasteiger partial charge is 0.251 e. The number of azide groups is 1. The number of ketones is 1. The highest BCUT2D eigenvalue weighted by Gasteiger charge is 2.25. The van der Waals surface area contributed by atoms with E-state index in [1.165, 1.54) is 24.3 Å². The lowest BCUT2D eigenvalue weighted by molar-refractivity contribution is -0.123. The Bertz CT molecular complexity index is 1110. The maximum Gasteiger partial charge on any atom is 0.251 e. The molecule has 2 aromatic rings. The molecule has 2 aromatic carbocycles. The van der Waals surface area contributed by atoms with Crippen LogP contribution in [0.4, 0.5) is 23.2 Å². The normalized spacial score (nSPS) is 11.2. The van der Waals surface area contributed by atoms with Gasteiger partial charge >= 0.3 is 0 Å². The van der Waals surface area contributed by atoms with Gasteiger partial charge in [0.2, 0.25) is 11.6 Å². The molecule has 0 aliphatic heterocycles. The van der Waals surface area contributed by atoms with Crippen molar-refractivity contribution in [3.05, 3.63) is 69.6 Å².